The van der Waals surface area contributed by atoms with Gasteiger partial charge in [0.25, 0.3) is 17.1 Å². The van der Waals surface area contributed by atoms with Gasteiger partial charge >= 0.3 is 0 Å². The number of rotatable bonds is 6. The number of hydrogen-bond donors (Lipinski definition) is 1. The Hall–Kier alpha value is -2.51. The van der Waals surface area contributed by atoms with Crippen LogP contribution in [-0.2, 0) is 24.2 Å². The molecule has 1 unspecified atom stereocenters. The Morgan fingerprint density at radius 2 is 2.09 bits per heavy atom. The van der Waals surface area contributed by atoms with Crippen LogP contribution in [0.3, 0.4) is 0 Å². The zero-order valence-corrected chi connectivity index (χ0v) is 19.3. The average Bonchev–Trinajstić information content (AvgIpc) is 3.44. The largest absolute Gasteiger partial charge is 0.349 e. The summed E-state index contributed by atoms with van der Waals surface area (Å²) in [5.74, 6) is -1.38. The third-order valence-corrected chi connectivity index (χ3v) is 8.66. The van der Waals surface area contributed by atoms with E-state index in [9.17, 15) is 27.6 Å². The van der Waals surface area contributed by atoms with Crippen molar-refractivity contribution in [1.29, 1.82) is 0 Å². The van der Waals surface area contributed by atoms with Crippen molar-refractivity contribution in [2.24, 2.45) is 5.10 Å². The van der Waals surface area contributed by atoms with Crippen molar-refractivity contribution in [2.45, 2.75) is 25.3 Å². The maximum absolute atomic E-state index is 12.5. The molecule has 32 heavy (non-hydrogen) atoms. The molecule has 1 aromatic heterocycles. The average molecular weight is 497 g/mol. The van der Waals surface area contributed by atoms with Crippen molar-refractivity contribution < 1.29 is 27.6 Å². The summed E-state index contributed by atoms with van der Waals surface area (Å²) in [5.41, 5.74) is 0.126. The lowest BCUT2D eigenvalue weighted by atomic mass is 10.1. The van der Waals surface area contributed by atoms with Crippen molar-refractivity contribution in [3.8, 4) is 0 Å². The van der Waals surface area contributed by atoms with Gasteiger partial charge in [0.1, 0.15) is 5.71 Å². The number of hydrazone groups is 1. The number of thioether (sulfide) groups is 1. The molecule has 0 aromatic carbocycles. The molecule has 10 nitrogen and oxygen atoms in total. The number of hydrogen-bond acceptors (Lipinski definition) is 9. The first-order valence-electron chi connectivity index (χ1n) is 9.90. The molecule has 0 saturated carbocycles. The van der Waals surface area contributed by atoms with Crippen LogP contribution < -0.4 is 5.32 Å². The molecule has 0 bridgehead atoms. The fourth-order valence-corrected chi connectivity index (χ4v) is 6.85. The van der Waals surface area contributed by atoms with Crippen LogP contribution in [0.1, 0.15) is 24.1 Å². The van der Waals surface area contributed by atoms with Gasteiger partial charge in [0.2, 0.25) is 5.91 Å². The van der Waals surface area contributed by atoms with E-state index in [1.165, 1.54) is 11.3 Å². The van der Waals surface area contributed by atoms with E-state index in [1.807, 2.05) is 17.5 Å². The second-order valence-electron chi connectivity index (χ2n) is 7.45. The van der Waals surface area contributed by atoms with Crippen LogP contribution in [0.2, 0.25) is 0 Å². The van der Waals surface area contributed by atoms with Crippen LogP contribution in [0.25, 0.3) is 6.08 Å². The molecule has 0 aliphatic carbocycles. The van der Waals surface area contributed by atoms with E-state index in [1.54, 1.807) is 6.08 Å². The topological polar surface area (TPSA) is 133 Å². The zero-order valence-electron chi connectivity index (χ0n) is 16.9. The van der Waals surface area contributed by atoms with E-state index < -0.39 is 32.9 Å². The Bertz CT molecular complexity index is 1130. The molecule has 2 saturated heterocycles. The highest BCUT2D eigenvalue weighted by atomic mass is 32.2. The van der Waals surface area contributed by atoms with E-state index in [4.69, 9.17) is 0 Å². The summed E-state index contributed by atoms with van der Waals surface area (Å²) in [6.07, 6.45) is 2.18. The van der Waals surface area contributed by atoms with Gasteiger partial charge in [-0.15, -0.1) is 11.3 Å². The number of nitrogens with zero attached hydrogens (tertiary/aromatic N) is 3. The van der Waals surface area contributed by atoms with Crippen molar-refractivity contribution in [1.82, 2.24) is 15.2 Å². The predicted molar refractivity (Wildman–Crippen MR) is 121 cm³/mol. The molecule has 13 heteroatoms. The molecule has 3 aliphatic rings. The van der Waals surface area contributed by atoms with Crippen LogP contribution in [-0.4, -0.2) is 77.6 Å². The fourth-order valence-electron chi connectivity index (χ4n) is 3.57. The number of amides is 4. The molecule has 4 rings (SSSR count). The highest BCUT2D eigenvalue weighted by Gasteiger charge is 2.38. The van der Waals surface area contributed by atoms with E-state index in [0.29, 0.717) is 11.3 Å². The molecule has 4 heterocycles. The minimum Gasteiger partial charge on any atom is -0.349 e. The van der Waals surface area contributed by atoms with Gasteiger partial charge in [-0.05, 0) is 35.7 Å². The lowest BCUT2D eigenvalue weighted by molar-refractivity contribution is -0.133. The Morgan fingerprint density at radius 1 is 1.28 bits per heavy atom. The molecule has 1 aromatic rings. The summed E-state index contributed by atoms with van der Waals surface area (Å²) in [5, 5.41) is 9.33. The Labute approximate surface area is 192 Å². The summed E-state index contributed by atoms with van der Waals surface area (Å²) in [4.78, 5) is 51.6. The van der Waals surface area contributed by atoms with Gasteiger partial charge < -0.3 is 5.32 Å². The van der Waals surface area contributed by atoms with Crippen LogP contribution in [0, 0.1) is 0 Å². The van der Waals surface area contributed by atoms with E-state index >= 15 is 0 Å². The number of thiophene rings is 1. The third kappa shape index (κ3) is 4.94. The van der Waals surface area contributed by atoms with Crippen LogP contribution in [0.4, 0.5) is 4.79 Å². The Morgan fingerprint density at radius 3 is 2.78 bits per heavy atom. The first kappa shape index (κ1) is 22.7. The first-order valence-corrected chi connectivity index (χ1v) is 13.4. The molecule has 2 fully saturated rings. The van der Waals surface area contributed by atoms with Crippen molar-refractivity contribution in [3.05, 3.63) is 27.3 Å². The van der Waals surface area contributed by atoms with Crippen LogP contribution in [0.15, 0.2) is 27.5 Å². The number of nitrogens with one attached hydrogen (secondary N) is 1. The second-order valence-corrected chi connectivity index (χ2v) is 11.6. The Balaban J connectivity index is 1.33. The van der Waals surface area contributed by atoms with Gasteiger partial charge in [0.15, 0.2) is 9.84 Å². The molecule has 170 valence electrons. The zero-order chi connectivity index (χ0) is 22.9. The molecule has 1 atom stereocenters. The summed E-state index contributed by atoms with van der Waals surface area (Å²) in [6.45, 7) is 0.0446. The van der Waals surface area contributed by atoms with Gasteiger partial charge in [-0.2, -0.15) is 5.10 Å². The quantitative estimate of drug-likeness (QED) is 0.582. The lowest BCUT2D eigenvalue weighted by Gasteiger charge is -2.27. The summed E-state index contributed by atoms with van der Waals surface area (Å²) >= 11 is 2.31. The standard InChI is InChI=1S/C19H20N4O6S3/c24-16-4-3-14(21-23(16)12-5-9-32(28,29)11-12)17(25)20-6-7-22-18(26)15(31-19(22)27)10-13-2-1-8-30-13/h1-2,8,10,12H,3-7,9,11H2,(H,20,25)/b15-10+. The number of sulfone groups is 1. The smallest absolute Gasteiger partial charge is 0.293 e. The molecule has 3 aliphatic heterocycles. The molecular formula is C19H20N4O6S3. The SMILES string of the molecule is O=C(NCCN1C(=O)S/C(=C/c2cccs2)C1=O)C1=NN(C2CCS(=O)(=O)C2)C(=O)CC1. The number of carbonyl (C=O) groups excluding carboxylic acids is 4. The van der Waals surface area contributed by atoms with Crippen molar-refractivity contribution in [2.75, 3.05) is 24.6 Å². The first-order chi connectivity index (χ1) is 15.2. The van der Waals surface area contributed by atoms with Crippen molar-refractivity contribution in [3.63, 3.8) is 0 Å². The monoisotopic (exact) mass is 496 g/mol. The van der Waals surface area contributed by atoms with E-state index in [0.717, 1.165) is 26.5 Å². The molecule has 4 amide bonds. The van der Waals surface area contributed by atoms with Gasteiger partial charge in [-0.3, -0.25) is 24.1 Å². The molecule has 1 N–H and O–H groups in total. The van der Waals surface area contributed by atoms with Gasteiger partial charge in [0, 0.05) is 30.8 Å². The summed E-state index contributed by atoms with van der Waals surface area (Å²) < 4.78 is 23.4. The van der Waals surface area contributed by atoms with E-state index in [-0.39, 0.29) is 49.1 Å². The second kappa shape index (κ2) is 9.16. The highest BCUT2D eigenvalue weighted by Crippen LogP contribution is 2.32. The predicted octanol–water partition coefficient (Wildman–Crippen LogP) is 1.07. The number of carbonyl (C=O) groups is 4. The Kier molecular flexibility index (Phi) is 6.49. The van der Waals surface area contributed by atoms with Crippen LogP contribution >= 0.6 is 23.1 Å². The molecule has 0 spiro atoms. The minimum absolute atomic E-state index is 0.00266. The number of imide groups is 1. The van der Waals surface area contributed by atoms with Crippen molar-refractivity contribution >= 4 is 67.7 Å². The van der Waals surface area contributed by atoms with Crippen LogP contribution in [0.5, 0.6) is 0 Å². The van der Waals surface area contributed by atoms with Gasteiger partial charge in [0.05, 0.1) is 22.5 Å². The minimum atomic E-state index is -3.20. The maximum atomic E-state index is 12.5. The maximum Gasteiger partial charge on any atom is 0.293 e. The van der Waals surface area contributed by atoms with Gasteiger partial charge in [-0.1, -0.05) is 6.07 Å². The molecule has 0 radical (unpaired) electrons. The molecular weight excluding hydrogens is 476 g/mol. The summed E-state index contributed by atoms with van der Waals surface area (Å²) in [6, 6.07) is 3.14. The van der Waals surface area contributed by atoms with E-state index in [2.05, 4.69) is 10.4 Å². The lowest BCUT2D eigenvalue weighted by Crippen LogP contribution is -2.45. The third-order valence-electron chi connectivity index (χ3n) is 5.19. The van der Waals surface area contributed by atoms with Gasteiger partial charge in [-0.25, -0.2) is 13.4 Å². The highest BCUT2D eigenvalue weighted by molar-refractivity contribution is 8.18. The summed E-state index contributed by atoms with van der Waals surface area (Å²) in [7, 11) is -3.20. The normalized spacial score (nSPS) is 24.4. The fraction of sp³-hybridized carbons (Fsp3) is 0.421.